The lowest BCUT2D eigenvalue weighted by atomic mass is 10.1. The topological polar surface area (TPSA) is 84.2 Å². The maximum absolute atomic E-state index is 13.4. The third kappa shape index (κ3) is 4.20. The smallest absolute Gasteiger partial charge is 0.287 e. The van der Waals surface area contributed by atoms with Crippen LogP contribution in [0, 0.1) is 18.6 Å². The zero-order valence-electron chi connectivity index (χ0n) is 14.4. The summed E-state index contributed by atoms with van der Waals surface area (Å²) in [5.74, 6) is -2.80. The molecule has 140 valence electrons. The van der Waals surface area contributed by atoms with Gasteiger partial charge in [-0.3, -0.25) is 9.59 Å². The number of rotatable bonds is 5. The Hall–Kier alpha value is -3.07. The Kier molecular flexibility index (Phi) is 5.31. The molecule has 0 fully saturated rings. The minimum absolute atomic E-state index is 0.0976. The van der Waals surface area contributed by atoms with Crippen LogP contribution >= 0.6 is 11.3 Å². The fraction of sp³-hybridized carbons (Fsp3) is 0.167. The van der Waals surface area contributed by atoms with Crippen LogP contribution in [0.5, 0.6) is 0 Å². The van der Waals surface area contributed by atoms with E-state index in [2.05, 4.69) is 15.6 Å². The highest BCUT2D eigenvalue weighted by Crippen LogP contribution is 2.31. The summed E-state index contributed by atoms with van der Waals surface area (Å²) in [5.41, 5.74) is 0.851. The van der Waals surface area contributed by atoms with Gasteiger partial charge in [0.1, 0.15) is 6.04 Å². The van der Waals surface area contributed by atoms with Gasteiger partial charge in [0, 0.05) is 10.4 Å². The van der Waals surface area contributed by atoms with Crippen molar-refractivity contribution in [1.82, 2.24) is 10.3 Å². The number of hydrogen-bond acceptors (Lipinski definition) is 5. The van der Waals surface area contributed by atoms with Crippen molar-refractivity contribution < 1.29 is 22.8 Å². The van der Waals surface area contributed by atoms with E-state index in [1.54, 1.807) is 13.0 Å². The first kappa shape index (κ1) is 18.7. The first-order valence-corrected chi connectivity index (χ1v) is 8.75. The molecule has 0 bridgehead atoms. The highest BCUT2D eigenvalue weighted by Gasteiger charge is 2.20. The molecular weight excluding hydrogens is 376 g/mol. The number of carbonyl (C=O) groups excluding carboxylic acids is 2. The number of aromatic nitrogens is 1. The van der Waals surface area contributed by atoms with Crippen LogP contribution in [-0.4, -0.2) is 22.8 Å². The standard InChI is InChI=1S/C18H15F2N3O3S/c1-9(21-17(25)14-4-3-7-26-14)16(24)23-18-22-15(10(2)27-18)11-5-6-12(19)13(20)8-11/h3-9H,1-2H3,(H,21,25)(H,22,23,24)/t9-/m1/s1. The van der Waals surface area contributed by atoms with Crippen molar-refractivity contribution in [2.45, 2.75) is 19.9 Å². The molecule has 27 heavy (non-hydrogen) atoms. The molecule has 0 radical (unpaired) electrons. The number of nitrogens with zero attached hydrogens (tertiary/aromatic N) is 1. The third-order valence-corrected chi connectivity index (χ3v) is 4.59. The van der Waals surface area contributed by atoms with Crippen LogP contribution in [0.15, 0.2) is 41.0 Å². The van der Waals surface area contributed by atoms with E-state index in [-0.39, 0.29) is 10.9 Å². The Morgan fingerprint density at radius 3 is 2.67 bits per heavy atom. The second kappa shape index (κ2) is 7.67. The molecule has 9 heteroatoms. The van der Waals surface area contributed by atoms with E-state index in [1.165, 1.54) is 36.7 Å². The van der Waals surface area contributed by atoms with Crippen molar-refractivity contribution >= 4 is 28.3 Å². The number of furan rings is 1. The summed E-state index contributed by atoms with van der Waals surface area (Å²) in [7, 11) is 0. The molecule has 2 amide bonds. The van der Waals surface area contributed by atoms with Crippen LogP contribution in [0.25, 0.3) is 11.3 Å². The molecule has 2 aromatic heterocycles. The Bertz CT molecular complexity index is 986. The van der Waals surface area contributed by atoms with Crippen LogP contribution in [0.4, 0.5) is 13.9 Å². The lowest BCUT2D eigenvalue weighted by Gasteiger charge is -2.11. The van der Waals surface area contributed by atoms with Crippen LogP contribution in [0.2, 0.25) is 0 Å². The number of aryl methyl sites for hydroxylation is 1. The van der Waals surface area contributed by atoms with Gasteiger partial charge in [-0.25, -0.2) is 13.8 Å². The van der Waals surface area contributed by atoms with Crippen LogP contribution in [0.1, 0.15) is 22.4 Å². The average molecular weight is 391 g/mol. The maximum Gasteiger partial charge on any atom is 0.287 e. The van der Waals surface area contributed by atoms with Gasteiger partial charge in [0.15, 0.2) is 22.5 Å². The first-order chi connectivity index (χ1) is 12.8. The van der Waals surface area contributed by atoms with E-state index in [4.69, 9.17) is 4.42 Å². The fourth-order valence-corrected chi connectivity index (χ4v) is 3.15. The SMILES string of the molecule is Cc1sc(NC(=O)[C@@H](C)NC(=O)c2ccco2)nc1-c1ccc(F)c(F)c1. The summed E-state index contributed by atoms with van der Waals surface area (Å²) in [5, 5.41) is 5.40. The van der Waals surface area contributed by atoms with Crippen molar-refractivity contribution in [3.8, 4) is 11.3 Å². The lowest BCUT2D eigenvalue weighted by molar-refractivity contribution is -0.117. The summed E-state index contributed by atoms with van der Waals surface area (Å²) >= 11 is 1.19. The molecule has 3 rings (SSSR count). The second-order valence-electron chi connectivity index (χ2n) is 5.71. The van der Waals surface area contributed by atoms with E-state index in [0.29, 0.717) is 11.3 Å². The summed E-state index contributed by atoms with van der Waals surface area (Å²) in [4.78, 5) is 29.2. The minimum Gasteiger partial charge on any atom is -0.459 e. The Morgan fingerprint density at radius 2 is 2.00 bits per heavy atom. The monoisotopic (exact) mass is 391 g/mol. The number of carbonyl (C=O) groups is 2. The van der Waals surface area contributed by atoms with Crippen molar-refractivity contribution in [3.63, 3.8) is 0 Å². The molecule has 0 saturated heterocycles. The van der Waals surface area contributed by atoms with E-state index < -0.39 is 29.5 Å². The highest BCUT2D eigenvalue weighted by atomic mass is 32.1. The number of anilines is 1. The number of nitrogens with one attached hydrogen (secondary N) is 2. The maximum atomic E-state index is 13.4. The predicted octanol–water partition coefficient (Wildman–Crippen LogP) is 3.75. The second-order valence-corrected chi connectivity index (χ2v) is 6.92. The van der Waals surface area contributed by atoms with Crippen molar-refractivity contribution in [1.29, 1.82) is 0 Å². The summed E-state index contributed by atoms with van der Waals surface area (Å²) in [6.07, 6.45) is 1.36. The van der Waals surface area contributed by atoms with Gasteiger partial charge in [0.05, 0.1) is 12.0 Å². The Labute approximate surface area is 157 Å². The Balaban J connectivity index is 1.69. The van der Waals surface area contributed by atoms with Gasteiger partial charge in [-0.15, -0.1) is 11.3 Å². The van der Waals surface area contributed by atoms with Crippen molar-refractivity contribution in [2.24, 2.45) is 0 Å². The van der Waals surface area contributed by atoms with Gasteiger partial charge in [-0.05, 0) is 44.2 Å². The molecule has 0 spiro atoms. The van der Waals surface area contributed by atoms with Gasteiger partial charge in [0.2, 0.25) is 5.91 Å². The zero-order chi connectivity index (χ0) is 19.6. The Morgan fingerprint density at radius 1 is 1.22 bits per heavy atom. The fourth-order valence-electron chi connectivity index (χ4n) is 2.32. The van der Waals surface area contributed by atoms with E-state index in [0.717, 1.165) is 17.0 Å². The zero-order valence-corrected chi connectivity index (χ0v) is 15.2. The number of hydrogen-bond donors (Lipinski definition) is 2. The molecule has 0 aliphatic heterocycles. The van der Waals surface area contributed by atoms with Gasteiger partial charge < -0.3 is 15.1 Å². The molecule has 2 heterocycles. The number of amides is 2. The summed E-state index contributed by atoms with van der Waals surface area (Å²) < 4.78 is 31.5. The first-order valence-electron chi connectivity index (χ1n) is 7.93. The van der Waals surface area contributed by atoms with Gasteiger partial charge in [-0.2, -0.15) is 0 Å². The lowest BCUT2D eigenvalue weighted by Crippen LogP contribution is -2.41. The molecule has 1 atom stereocenters. The molecule has 6 nitrogen and oxygen atoms in total. The van der Waals surface area contributed by atoms with Crippen LogP contribution < -0.4 is 10.6 Å². The molecule has 1 aromatic carbocycles. The highest BCUT2D eigenvalue weighted by molar-refractivity contribution is 7.16. The largest absolute Gasteiger partial charge is 0.459 e. The van der Waals surface area contributed by atoms with Gasteiger partial charge >= 0.3 is 0 Å². The summed E-state index contributed by atoms with van der Waals surface area (Å²) in [6.45, 7) is 3.28. The van der Waals surface area contributed by atoms with Gasteiger partial charge in [-0.1, -0.05) is 0 Å². The molecule has 3 aromatic rings. The molecule has 0 aliphatic carbocycles. The van der Waals surface area contributed by atoms with Crippen molar-refractivity contribution in [2.75, 3.05) is 5.32 Å². The average Bonchev–Trinajstić information content (AvgIpc) is 3.27. The van der Waals surface area contributed by atoms with Crippen LogP contribution in [-0.2, 0) is 4.79 Å². The predicted molar refractivity (Wildman–Crippen MR) is 96.5 cm³/mol. The normalized spacial score (nSPS) is 11.9. The van der Waals surface area contributed by atoms with Crippen molar-refractivity contribution in [3.05, 3.63) is 58.9 Å². The van der Waals surface area contributed by atoms with E-state index in [1.807, 2.05) is 0 Å². The molecule has 0 aliphatic rings. The number of thiazole rings is 1. The van der Waals surface area contributed by atoms with E-state index in [9.17, 15) is 18.4 Å². The quantitative estimate of drug-likeness (QED) is 0.694. The molecule has 0 saturated carbocycles. The van der Waals surface area contributed by atoms with Gasteiger partial charge in [0.25, 0.3) is 5.91 Å². The third-order valence-electron chi connectivity index (χ3n) is 3.71. The van der Waals surface area contributed by atoms with Crippen LogP contribution in [0.3, 0.4) is 0 Å². The number of benzene rings is 1. The molecule has 0 unspecified atom stereocenters. The van der Waals surface area contributed by atoms with E-state index >= 15 is 0 Å². The minimum atomic E-state index is -0.972. The number of halogens is 2. The molecular formula is C18H15F2N3O3S. The molecule has 2 N–H and O–H groups in total. The summed E-state index contributed by atoms with van der Waals surface area (Å²) in [6, 6.07) is 5.70.